The molecule has 15 heavy (non-hydrogen) atoms. The lowest BCUT2D eigenvalue weighted by Gasteiger charge is -1.96. The summed E-state index contributed by atoms with van der Waals surface area (Å²) in [6.45, 7) is 0. The normalized spacial score (nSPS) is 10.5. The minimum Gasteiger partial charge on any atom is -0.453 e. The second kappa shape index (κ2) is 4.13. The number of aromatic nitrogens is 1. The van der Waals surface area contributed by atoms with Gasteiger partial charge in [0.2, 0.25) is 0 Å². The van der Waals surface area contributed by atoms with E-state index in [2.05, 4.69) is 4.98 Å². The van der Waals surface area contributed by atoms with Crippen molar-refractivity contribution in [1.29, 1.82) is 0 Å². The maximum absolute atomic E-state index is 10.3. The number of methoxy groups -OCH3 is 1. The largest absolute Gasteiger partial charge is 0.453 e. The predicted molar refractivity (Wildman–Crippen MR) is 54.9 cm³/mol. The van der Waals surface area contributed by atoms with Gasteiger partial charge in [-0.25, -0.2) is 0 Å². The van der Waals surface area contributed by atoms with Gasteiger partial charge in [-0.2, -0.15) is 4.98 Å². The zero-order valence-corrected chi connectivity index (χ0v) is 8.40. The Hall–Kier alpha value is -1.84. The van der Waals surface area contributed by atoms with Crippen molar-refractivity contribution in [1.82, 2.24) is 4.98 Å². The van der Waals surface area contributed by atoms with Crippen LogP contribution in [0.25, 0.3) is 11.1 Å². The summed E-state index contributed by atoms with van der Waals surface area (Å²) < 4.78 is 10.2. The van der Waals surface area contributed by atoms with Crippen LogP contribution in [0, 0.1) is 0 Å². The van der Waals surface area contributed by atoms with Crippen LogP contribution in [0.5, 0.6) is 6.08 Å². The van der Waals surface area contributed by atoms with Crippen molar-refractivity contribution in [3.8, 4) is 6.08 Å². The molecule has 2 aromatic rings. The Morgan fingerprint density at radius 1 is 1.53 bits per heavy atom. The van der Waals surface area contributed by atoms with Crippen LogP contribution in [0.15, 0.2) is 22.6 Å². The first-order valence-electron chi connectivity index (χ1n) is 4.71. The van der Waals surface area contributed by atoms with Crippen molar-refractivity contribution in [3.63, 3.8) is 0 Å². The minimum absolute atomic E-state index is 0.253. The first kappa shape index (κ1) is 9.71. The van der Waals surface area contributed by atoms with E-state index in [1.54, 1.807) is 0 Å². The molecule has 2 rings (SSSR count). The van der Waals surface area contributed by atoms with Gasteiger partial charge in [-0.05, 0) is 18.1 Å². The standard InChI is InChI=1S/C11H11NO3/c1-14-11-12-10-8(5-3-7-13)4-2-6-9(10)15-11/h2,4,6-7H,3,5H2,1H3. The van der Waals surface area contributed by atoms with Crippen LogP contribution in [0.3, 0.4) is 0 Å². The van der Waals surface area contributed by atoms with Crippen molar-refractivity contribution in [3.05, 3.63) is 23.8 Å². The fourth-order valence-electron chi connectivity index (χ4n) is 1.49. The van der Waals surface area contributed by atoms with E-state index in [0.717, 1.165) is 17.4 Å². The van der Waals surface area contributed by atoms with Crippen molar-refractivity contribution in [2.45, 2.75) is 12.8 Å². The van der Waals surface area contributed by atoms with Gasteiger partial charge in [-0.1, -0.05) is 12.1 Å². The third-order valence-corrected chi connectivity index (χ3v) is 2.19. The number of ether oxygens (including phenoxy) is 1. The number of rotatable bonds is 4. The molecule has 0 saturated heterocycles. The Bertz CT molecular complexity index is 476. The molecule has 1 heterocycles. The highest BCUT2D eigenvalue weighted by Gasteiger charge is 2.09. The Morgan fingerprint density at radius 3 is 3.13 bits per heavy atom. The highest BCUT2D eigenvalue weighted by atomic mass is 16.6. The number of para-hydroxylation sites is 1. The maximum atomic E-state index is 10.3. The number of hydrogen-bond acceptors (Lipinski definition) is 4. The number of oxazole rings is 1. The molecule has 0 atom stereocenters. The molecular weight excluding hydrogens is 194 g/mol. The molecule has 0 aliphatic carbocycles. The van der Waals surface area contributed by atoms with Gasteiger partial charge in [0, 0.05) is 6.42 Å². The molecule has 0 unspecified atom stereocenters. The van der Waals surface area contributed by atoms with E-state index in [-0.39, 0.29) is 6.08 Å². The highest BCUT2D eigenvalue weighted by molar-refractivity contribution is 5.77. The summed E-state index contributed by atoms with van der Waals surface area (Å²) in [4.78, 5) is 14.5. The van der Waals surface area contributed by atoms with Gasteiger partial charge in [0.15, 0.2) is 5.58 Å². The van der Waals surface area contributed by atoms with Crippen molar-refractivity contribution in [2.24, 2.45) is 0 Å². The fourth-order valence-corrected chi connectivity index (χ4v) is 1.49. The van der Waals surface area contributed by atoms with Gasteiger partial charge in [0.1, 0.15) is 11.8 Å². The lowest BCUT2D eigenvalue weighted by Crippen LogP contribution is -1.88. The van der Waals surface area contributed by atoms with Crippen LogP contribution in [-0.4, -0.2) is 18.4 Å². The Kier molecular flexibility index (Phi) is 2.67. The van der Waals surface area contributed by atoms with Crippen molar-refractivity contribution < 1.29 is 13.9 Å². The first-order valence-corrected chi connectivity index (χ1v) is 4.71. The van der Waals surface area contributed by atoms with Crippen LogP contribution in [0.1, 0.15) is 12.0 Å². The number of hydrogen-bond donors (Lipinski definition) is 0. The molecule has 0 fully saturated rings. The van der Waals surface area contributed by atoms with Gasteiger partial charge in [-0.3, -0.25) is 0 Å². The molecule has 4 nitrogen and oxygen atoms in total. The van der Waals surface area contributed by atoms with E-state index < -0.39 is 0 Å². The summed E-state index contributed by atoms with van der Waals surface area (Å²) in [6, 6.07) is 5.65. The van der Waals surface area contributed by atoms with Crippen LogP contribution in [0.4, 0.5) is 0 Å². The lowest BCUT2D eigenvalue weighted by molar-refractivity contribution is -0.107. The number of benzene rings is 1. The number of carbonyl (C=O) groups is 1. The third-order valence-electron chi connectivity index (χ3n) is 2.19. The average molecular weight is 205 g/mol. The topological polar surface area (TPSA) is 52.3 Å². The zero-order chi connectivity index (χ0) is 10.7. The Labute approximate surface area is 86.9 Å². The molecule has 0 saturated carbocycles. The van der Waals surface area contributed by atoms with E-state index in [9.17, 15) is 4.79 Å². The molecule has 0 aliphatic rings. The van der Waals surface area contributed by atoms with E-state index in [0.29, 0.717) is 18.4 Å². The quantitative estimate of drug-likeness (QED) is 0.716. The molecule has 0 spiro atoms. The summed E-state index contributed by atoms with van der Waals surface area (Å²) in [6.07, 6.45) is 2.32. The molecule has 0 N–H and O–H groups in total. The SMILES string of the molecule is COc1nc2c(CCC=O)cccc2o1. The lowest BCUT2D eigenvalue weighted by atomic mass is 10.1. The number of fused-ring (bicyclic) bond motifs is 1. The summed E-state index contributed by atoms with van der Waals surface area (Å²) >= 11 is 0. The summed E-state index contributed by atoms with van der Waals surface area (Å²) in [5, 5.41) is 0. The molecule has 0 aliphatic heterocycles. The number of aryl methyl sites for hydroxylation is 1. The molecule has 0 radical (unpaired) electrons. The zero-order valence-electron chi connectivity index (χ0n) is 8.40. The third kappa shape index (κ3) is 1.83. The van der Waals surface area contributed by atoms with Crippen molar-refractivity contribution >= 4 is 17.4 Å². The summed E-state index contributed by atoms with van der Waals surface area (Å²) in [7, 11) is 1.51. The van der Waals surface area contributed by atoms with E-state index in [1.807, 2.05) is 18.2 Å². The summed E-state index contributed by atoms with van der Waals surface area (Å²) in [5.41, 5.74) is 2.47. The van der Waals surface area contributed by atoms with Crippen LogP contribution in [0.2, 0.25) is 0 Å². The molecule has 1 aromatic heterocycles. The molecule has 0 amide bonds. The average Bonchev–Trinajstić information content (AvgIpc) is 2.69. The van der Waals surface area contributed by atoms with Crippen LogP contribution < -0.4 is 4.74 Å². The fraction of sp³-hybridized carbons (Fsp3) is 0.273. The van der Waals surface area contributed by atoms with Gasteiger partial charge >= 0.3 is 6.08 Å². The maximum Gasteiger partial charge on any atom is 0.394 e. The first-order chi connectivity index (χ1) is 7.35. The van der Waals surface area contributed by atoms with E-state index in [1.165, 1.54) is 7.11 Å². The van der Waals surface area contributed by atoms with Gasteiger partial charge in [0.05, 0.1) is 7.11 Å². The van der Waals surface area contributed by atoms with Gasteiger partial charge in [-0.15, -0.1) is 0 Å². The number of carbonyl (C=O) groups excluding carboxylic acids is 1. The molecule has 1 aromatic carbocycles. The second-order valence-corrected chi connectivity index (χ2v) is 3.15. The smallest absolute Gasteiger partial charge is 0.394 e. The predicted octanol–water partition coefficient (Wildman–Crippen LogP) is 1.97. The van der Waals surface area contributed by atoms with Gasteiger partial charge < -0.3 is 13.9 Å². The highest BCUT2D eigenvalue weighted by Crippen LogP contribution is 2.23. The molecule has 4 heteroatoms. The van der Waals surface area contributed by atoms with Crippen molar-refractivity contribution in [2.75, 3.05) is 7.11 Å². The number of nitrogens with zero attached hydrogens (tertiary/aromatic N) is 1. The Morgan fingerprint density at radius 2 is 2.40 bits per heavy atom. The van der Waals surface area contributed by atoms with E-state index in [4.69, 9.17) is 9.15 Å². The van der Waals surface area contributed by atoms with Crippen LogP contribution in [-0.2, 0) is 11.2 Å². The second-order valence-electron chi connectivity index (χ2n) is 3.15. The van der Waals surface area contributed by atoms with E-state index >= 15 is 0 Å². The van der Waals surface area contributed by atoms with Crippen LogP contribution >= 0.6 is 0 Å². The molecule has 0 bridgehead atoms. The number of aldehydes is 1. The molecular formula is C11H11NO3. The minimum atomic E-state index is 0.253. The Balaban J connectivity index is 2.44. The summed E-state index contributed by atoms with van der Waals surface area (Å²) in [5.74, 6) is 0. The molecule has 78 valence electrons. The monoisotopic (exact) mass is 205 g/mol. The van der Waals surface area contributed by atoms with Gasteiger partial charge in [0.25, 0.3) is 0 Å².